The molecule has 0 bridgehead atoms. The Morgan fingerprint density at radius 2 is 2.05 bits per heavy atom. The fourth-order valence-corrected chi connectivity index (χ4v) is 2.52. The molecule has 0 aliphatic carbocycles. The Hall–Kier alpha value is -0.890. The zero-order chi connectivity index (χ0) is 14.5. The summed E-state index contributed by atoms with van der Waals surface area (Å²) in [7, 11) is 0.397. The van der Waals surface area contributed by atoms with Crippen LogP contribution in [0.2, 0.25) is 0 Å². The molecule has 0 aliphatic rings. The molecule has 0 amide bonds. The van der Waals surface area contributed by atoms with Crippen LogP contribution in [0.25, 0.3) is 0 Å². The first-order valence-electron chi connectivity index (χ1n) is 6.36. The topological polar surface area (TPSA) is 77.2 Å². The molecule has 110 valence electrons. The number of nitrogens with zero attached hydrogens (tertiary/aromatic N) is 1. The highest BCUT2D eigenvalue weighted by Gasteiger charge is 2.15. The van der Waals surface area contributed by atoms with E-state index in [-0.39, 0.29) is 4.90 Å². The predicted molar refractivity (Wildman–Crippen MR) is 76.5 cm³/mol. The molecule has 6 nitrogen and oxygen atoms in total. The quantitative estimate of drug-likeness (QED) is 0.645. The standard InChI is InChI=1S/C12H24N4O2S/c1-10(2)13-8-11-7-12(9-14-11)19(17,18)15-5-6-16(3)4/h7,9-10,13-15H,5-6,8H2,1-4H3. The van der Waals surface area contributed by atoms with Gasteiger partial charge < -0.3 is 15.2 Å². The van der Waals surface area contributed by atoms with Crippen LogP contribution in [0.4, 0.5) is 0 Å². The Balaban J connectivity index is 2.58. The normalized spacial score (nSPS) is 12.5. The van der Waals surface area contributed by atoms with E-state index in [1.54, 1.807) is 6.07 Å². The highest BCUT2D eigenvalue weighted by Crippen LogP contribution is 2.10. The van der Waals surface area contributed by atoms with E-state index in [1.165, 1.54) is 6.20 Å². The fourth-order valence-electron chi connectivity index (χ4n) is 1.48. The molecular formula is C12H24N4O2S. The van der Waals surface area contributed by atoms with Crippen LogP contribution in [0.3, 0.4) is 0 Å². The molecule has 0 aromatic carbocycles. The first-order chi connectivity index (χ1) is 8.81. The molecule has 0 aliphatic heterocycles. The maximum atomic E-state index is 12.0. The Morgan fingerprint density at radius 1 is 1.37 bits per heavy atom. The molecule has 1 aromatic rings. The first-order valence-corrected chi connectivity index (χ1v) is 7.84. The van der Waals surface area contributed by atoms with Gasteiger partial charge in [-0.05, 0) is 20.2 Å². The van der Waals surface area contributed by atoms with Crippen molar-refractivity contribution in [1.29, 1.82) is 0 Å². The van der Waals surface area contributed by atoms with Gasteiger partial charge in [0.15, 0.2) is 0 Å². The molecule has 0 spiro atoms. The van der Waals surface area contributed by atoms with E-state index >= 15 is 0 Å². The third-order valence-corrected chi connectivity index (χ3v) is 4.02. The van der Waals surface area contributed by atoms with Crippen LogP contribution in [0.1, 0.15) is 19.5 Å². The average Bonchev–Trinajstić information content (AvgIpc) is 2.74. The molecule has 3 N–H and O–H groups in total. The zero-order valence-electron chi connectivity index (χ0n) is 12.0. The van der Waals surface area contributed by atoms with Gasteiger partial charge in [-0.2, -0.15) is 0 Å². The van der Waals surface area contributed by atoms with Gasteiger partial charge in [-0.3, -0.25) is 0 Å². The third-order valence-electron chi connectivity index (χ3n) is 2.58. The average molecular weight is 288 g/mol. The van der Waals surface area contributed by atoms with Crippen molar-refractivity contribution in [2.45, 2.75) is 31.3 Å². The van der Waals surface area contributed by atoms with E-state index in [1.807, 2.05) is 32.8 Å². The summed E-state index contributed by atoms with van der Waals surface area (Å²) in [6, 6.07) is 2.02. The number of sulfonamides is 1. The van der Waals surface area contributed by atoms with Crippen LogP contribution in [0.5, 0.6) is 0 Å². The maximum absolute atomic E-state index is 12.0. The number of aromatic amines is 1. The summed E-state index contributed by atoms with van der Waals surface area (Å²) in [6.45, 7) is 5.79. The van der Waals surface area contributed by atoms with Gasteiger partial charge in [-0.1, -0.05) is 13.8 Å². The van der Waals surface area contributed by atoms with Gasteiger partial charge in [0.1, 0.15) is 0 Å². The summed E-state index contributed by atoms with van der Waals surface area (Å²) >= 11 is 0. The van der Waals surface area contributed by atoms with E-state index < -0.39 is 10.0 Å². The van der Waals surface area contributed by atoms with Crippen molar-refractivity contribution in [3.8, 4) is 0 Å². The van der Waals surface area contributed by atoms with Crippen LogP contribution >= 0.6 is 0 Å². The largest absolute Gasteiger partial charge is 0.363 e. The lowest BCUT2D eigenvalue weighted by molar-refractivity contribution is 0.412. The van der Waals surface area contributed by atoms with E-state index in [0.717, 1.165) is 5.69 Å². The molecule has 0 atom stereocenters. The van der Waals surface area contributed by atoms with Crippen molar-refractivity contribution in [1.82, 2.24) is 19.9 Å². The second kappa shape index (κ2) is 7.04. The van der Waals surface area contributed by atoms with E-state index in [4.69, 9.17) is 0 Å². The van der Waals surface area contributed by atoms with E-state index in [0.29, 0.717) is 25.7 Å². The van der Waals surface area contributed by atoms with Crippen LogP contribution in [-0.4, -0.2) is 51.5 Å². The van der Waals surface area contributed by atoms with Crippen molar-refractivity contribution >= 4 is 10.0 Å². The van der Waals surface area contributed by atoms with Crippen molar-refractivity contribution in [2.75, 3.05) is 27.2 Å². The van der Waals surface area contributed by atoms with Crippen molar-refractivity contribution in [2.24, 2.45) is 0 Å². The number of hydrogen-bond donors (Lipinski definition) is 3. The van der Waals surface area contributed by atoms with Gasteiger partial charge in [0.25, 0.3) is 0 Å². The SMILES string of the molecule is CC(C)NCc1cc(S(=O)(=O)NCCN(C)C)c[nH]1. The molecule has 1 aromatic heterocycles. The first kappa shape index (κ1) is 16.2. The van der Waals surface area contributed by atoms with Gasteiger partial charge in [0.05, 0.1) is 4.90 Å². The molecule has 0 radical (unpaired) electrons. The summed E-state index contributed by atoms with van der Waals surface area (Å²) in [5.74, 6) is 0. The lowest BCUT2D eigenvalue weighted by Gasteiger charge is -2.10. The summed E-state index contributed by atoms with van der Waals surface area (Å²) in [6.07, 6.45) is 1.52. The lowest BCUT2D eigenvalue weighted by atomic mass is 10.3. The lowest BCUT2D eigenvalue weighted by Crippen LogP contribution is -2.31. The summed E-state index contributed by atoms with van der Waals surface area (Å²) in [5.41, 5.74) is 0.863. The monoisotopic (exact) mass is 288 g/mol. The molecule has 0 unspecified atom stereocenters. The molecule has 0 saturated carbocycles. The molecule has 0 fully saturated rings. The molecule has 0 saturated heterocycles. The number of nitrogens with one attached hydrogen (secondary N) is 3. The third kappa shape index (κ3) is 5.73. The minimum Gasteiger partial charge on any atom is -0.363 e. The number of H-pyrrole nitrogens is 1. The van der Waals surface area contributed by atoms with Gasteiger partial charge >= 0.3 is 0 Å². The van der Waals surface area contributed by atoms with Gasteiger partial charge in [0.2, 0.25) is 10.0 Å². The van der Waals surface area contributed by atoms with Gasteiger partial charge in [-0.25, -0.2) is 13.1 Å². The molecule has 1 rings (SSSR count). The predicted octanol–water partition coefficient (Wildman–Crippen LogP) is 0.353. The van der Waals surface area contributed by atoms with Crippen molar-refractivity contribution in [3.05, 3.63) is 18.0 Å². The number of rotatable bonds is 8. The highest BCUT2D eigenvalue weighted by molar-refractivity contribution is 7.89. The Labute approximate surface area is 115 Å². The van der Waals surface area contributed by atoms with E-state index in [2.05, 4.69) is 15.0 Å². The highest BCUT2D eigenvalue weighted by atomic mass is 32.2. The van der Waals surface area contributed by atoms with Crippen molar-refractivity contribution in [3.63, 3.8) is 0 Å². The number of aromatic nitrogens is 1. The Morgan fingerprint density at radius 3 is 2.63 bits per heavy atom. The van der Waals surface area contributed by atoms with Crippen LogP contribution < -0.4 is 10.0 Å². The zero-order valence-corrected chi connectivity index (χ0v) is 12.8. The summed E-state index contributed by atoms with van der Waals surface area (Å²) in [4.78, 5) is 5.19. The minimum absolute atomic E-state index is 0.284. The molecular weight excluding hydrogens is 264 g/mol. The Bertz CT molecular complexity index is 480. The maximum Gasteiger partial charge on any atom is 0.242 e. The van der Waals surface area contributed by atoms with E-state index in [9.17, 15) is 8.42 Å². The Kier molecular flexibility index (Phi) is 5.99. The molecule has 7 heteroatoms. The smallest absolute Gasteiger partial charge is 0.242 e. The van der Waals surface area contributed by atoms with Crippen molar-refractivity contribution < 1.29 is 8.42 Å². The second-order valence-electron chi connectivity index (χ2n) is 5.10. The second-order valence-corrected chi connectivity index (χ2v) is 6.86. The summed E-state index contributed by atoms with van der Waals surface area (Å²) < 4.78 is 26.6. The van der Waals surface area contributed by atoms with Crippen LogP contribution in [0, 0.1) is 0 Å². The minimum atomic E-state index is -3.41. The van der Waals surface area contributed by atoms with Crippen LogP contribution in [0.15, 0.2) is 17.2 Å². The summed E-state index contributed by atoms with van der Waals surface area (Å²) in [5, 5.41) is 3.23. The molecule has 19 heavy (non-hydrogen) atoms. The van der Waals surface area contributed by atoms with Gasteiger partial charge in [-0.15, -0.1) is 0 Å². The number of likely N-dealkylation sites (N-methyl/N-ethyl adjacent to an activating group) is 1. The van der Waals surface area contributed by atoms with Crippen LogP contribution in [-0.2, 0) is 16.6 Å². The number of hydrogen-bond acceptors (Lipinski definition) is 4. The fraction of sp³-hybridized carbons (Fsp3) is 0.667. The molecule has 1 heterocycles. The van der Waals surface area contributed by atoms with Gasteiger partial charge in [0, 0.05) is 37.6 Å².